The maximum absolute atomic E-state index is 13.2. The van der Waals surface area contributed by atoms with E-state index >= 15 is 0 Å². The number of fused-ring (bicyclic) bond motifs is 1. The van der Waals surface area contributed by atoms with E-state index < -0.39 is 0 Å². The highest BCUT2D eigenvalue weighted by Gasteiger charge is 2.22. The molecule has 0 unspecified atom stereocenters. The molecule has 4 rings (SSSR count). The largest absolute Gasteiger partial charge is 0.481 e. The van der Waals surface area contributed by atoms with Crippen molar-refractivity contribution in [3.05, 3.63) is 70.3 Å². The van der Waals surface area contributed by atoms with Crippen LogP contribution < -0.4 is 10.3 Å². The zero-order valence-corrected chi connectivity index (χ0v) is 16.3. The number of hydrogen-bond acceptors (Lipinski definition) is 4. The molecule has 1 aliphatic rings. The summed E-state index contributed by atoms with van der Waals surface area (Å²) in [6, 6.07) is 14.9. The van der Waals surface area contributed by atoms with Crippen LogP contribution in [-0.4, -0.2) is 22.5 Å². The first-order valence-electron chi connectivity index (χ1n) is 9.98. The molecule has 3 aromatic rings. The Morgan fingerprint density at radius 1 is 1.14 bits per heavy atom. The van der Waals surface area contributed by atoms with Crippen molar-refractivity contribution in [1.82, 2.24) is 9.66 Å². The van der Waals surface area contributed by atoms with Gasteiger partial charge < -0.3 is 4.74 Å². The first kappa shape index (κ1) is 18.9. The fraction of sp³-hybridized carbons (Fsp3) is 0.292. The number of para-hydroxylation sites is 1. The fourth-order valence-electron chi connectivity index (χ4n) is 3.78. The van der Waals surface area contributed by atoms with Gasteiger partial charge in [-0.05, 0) is 54.8 Å². The Morgan fingerprint density at radius 3 is 2.66 bits per heavy atom. The summed E-state index contributed by atoms with van der Waals surface area (Å²) in [5, 5.41) is 5.12. The smallest absolute Gasteiger partial charge is 0.282 e. The van der Waals surface area contributed by atoms with Crippen LogP contribution >= 0.6 is 0 Å². The maximum Gasteiger partial charge on any atom is 0.282 e. The molecule has 0 N–H and O–H groups in total. The van der Waals surface area contributed by atoms with E-state index in [2.05, 4.69) is 11.0 Å². The standard InChI is InChI=1S/C24H23N3O2/c1-2-16-29-20-14-12-18(13-15-20)17-25-27-23(19-8-4-3-5-9-19)26-22-11-7-6-10-21(22)24(27)28/h1,6-7,10-15,17,19H,3-5,8-9,16H2. The van der Waals surface area contributed by atoms with Gasteiger partial charge in [0.25, 0.3) is 5.56 Å². The molecule has 1 aliphatic carbocycles. The summed E-state index contributed by atoms with van der Waals surface area (Å²) in [7, 11) is 0. The number of hydrogen-bond donors (Lipinski definition) is 0. The molecule has 1 saturated carbocycles. The first-order chi connectivity index (χ1) is 14.3. The van der Waals surface area contributed by atoms with Gasteiger partial charge in [-0.3, -0.25) is 4.79 Å². The first-order valence-corrected chi connectivity index (χ1v) is 9.98. The third kappa shape index (κ3) is 4.22. The van der Waals surface area contributed by atoms with E-state index in [0.717, 1.165) is 42.6 Å². The molecule has 0 amide bonds. The molecule has 0 aliphatic heterocycles. The van der Waals surface area contributed by atoms with E-state index in [1.54, 1.807) is 12.3 Å². The lowest BCUT2D eigenvalue weighted by atomic mass is 9.88. The van der Waals surface area contributed by atoms with Crippen LogP contribution in [0.15, 0.2) is 58.4 Å². The third-order valence-corrected chi connectivity index (χ3v) is 5.27. The summed E-state index contributed by atoms with van der Waals surface area (Å²) in [6.07, 6.45) is 12.6. The summed E-state index contributed by atoms with van der Waals surface area (Å²) in [5.41, 5.74) is 1.48. The zero-order chi connectivity index (χ0) is 20.1. The maximum atomic E-state index is 13.2. The highest BCUT2D eigenvalue weighted by molar-refractivity contribution is 5.80. The van der Waals surface area contributed by atoms with Gasteiger partial charge in [0.1, 0.15) is 18.2 Å². The number of benzene rings is 2. The average Bonchev–Trinajstić information content (AvgIpc) is 2.78. The summed E-state index contributed by atoms with van der Waals surface area (Å²) in [4.78, 5) is 18.0. The normalized spacial score (nSPS) is 14.9. The van der Waals surface area contributed by atoms with Crippen molar-refractivity contribution in [2.75, 3.05) is 6.61 Å². The van der Waals surface area contributed by atoms with Gasteiger partial charge >= 0.3 is 0 Å². The van der Waals surface area contributed by atoms with Crippen LogP contribution in [0.1, 0.15) is 49.4 Å². The second-order valence-corrected chi connectivity index (χ2v) is 7.25. The van der Waals surface area contributed by atoms with E-state index in [1.165, 1.54) is 11.1 Å². The summed E-state index contributed by atoms with van der Waals surface area (Å²) in [6.45, 7) is 0.232. The zero-order valence-electron chi connectivity index (χ0n) is 16.3. The lowest BCUT2D eigenvalue weighted by Crippen LogP contribution is -2.25. The van der Waals surface area contributed by atoms with Gasteiger partial charge in [0.05, 0.1) is 17.1 Å². The minimum absolute atomic E-state index is 0.124. The third-order valence-electron chi connectivity index (χ3n) is 5.27. The molecule has 1 aromatic heterocycles. The summed E-state index contributed by atoms with van der Waals surface area (Å²) >= 11 is 0. The van der Waals surface area contributed by atoms with Crippen molar-refractivity contribution in [3.63, 3.8) is 0 Å². The van der Waals surface area contributed by atoms with Crippen molar-refractivity contribution in [1.29, 1.82) is 0 Å². The van der Waals surface area contributed by atoms with E-state index in [-0.39, 0.29) is 18.1 Å². The molecule has 0 saturated heterocycles. The lowest BCUT2D eigenvalue weighted by Gasteiger charge is -2.22. The molecule has 29 heavy (non-hydrogen) atoms. The van der Waals surface area contributed by atoms with Crippen LogP contribution in [0.25, 0.3) is 10.9 Å². The molecule has 1 fully saturated rings. The second-order valence-electron chi connectivity index (χ2n) is 7.25. The van der Waals surface area contributed by atoms with E-state index in [1.807, 2.05) is 42.5 Å². The monoisotopic (exact) mass is 385 g/mol. The van der Waals surface area contributed by atoms with Gasteiger partial charge in [0, 0.05) is 5.92 Å². The quantitative estimate of drug-likeness (QED) is 0.485. The van der Waals surface area contributed by atoms with E-state index in [0.29, 0.717) is 11.1 Å². The van der Waals surface area contributed by atoms with Crippen LogP contribution in [0, 0.1) is 12.3 Å². The number of ether oxygens (including phenoxy) is 1. The van der Waals surface area contributed by atoms with Gasteiger partial charge in [-0.25, -0.2) is 4.98 Å². The van der Waals surface area contributed by atoms with Crippen molar-refractivity contribution >= 4 is 17.1 Å². The van der Waals surface area contributed by atoms with Crippen LogP contribution in [0.3, 0.4) is 0 Å². The van der Waals surface area contributed by atoms with Crippen molar-refractivity contribution in [2.45, 2.75) is 38.0 Å². The Labute approximate surface area is 170 Å². The van der Waals surface area contributed by atoms with Crippen molar-refractivity contribution in [3.8, 4) is 18.1 Å². The van der Waals surface area contributed by atoms with E-state index in [4.69, 9.17) is 16.1 Å². The molecular formula is C24H23N3O2. The summed E-state index contributed by atoms with van der Waals surface area (Å²) in [5.74, 6) is 4.17. The molecule has 0 atom stereocenters. The predicted octanol–water partition coefficient (Wildman–Crippen LogP) is 4.34. The van der Waals surface area contributed by atoms with Gasteiger partial charge in [0.15, 0.2) is 0 Å². The van der Waals surface area contributed by atoms with Crippen LogP contribution in [0.2, 0.25) is 0 Å². The predicted molar refractivity (Wildman–Crippen MR) is 116 cm³/mol. The molecule has 0 bridgehead atoms. The topological polar surface area (TPSA) is 56.5 Å². The van der Waals surface area contributed by atoms with Gasteiger partial charge in [0.2, 0.25) is 0 Å². The number of aromatic nitrogens is 2. The Hall–Kier alpha value is -3.39. The second kappa shape index (κ2) is 8.74. The molecule has 5 heteroatoms. The van der Waals surface area contributed by atoms with Crippen molar-refractivity contribution in [2.24, 2.45) is 5.10 Å². The average molecular weight is 385 g/mol. The molecule has 1 heterocycles. The van der Waals surface area contributed by atoms with Crippen molar-refractivity contribution < 1.29 is 4.74 Å². The highest BCUT2D eigenvalue weighted by Crippen LogP contribution is 2.31. The molecule has 0 radical (unpaired) electrons. The Kier molecular flexibility index (Phi) is 5.71. The van der Waals surface area contributed by atoms with Gasteiger partial charge in [-0.15, -0.1) is 6.42 Å². The van der Waals surface area contributed by atoms with Crippen LogP contribution in [0.4, 0.5) is 0 Å². The van der Waals surface area contributed by atoms with Crippen LogP contribution in [-0.2, 0) is 0 Å². The van der Waals surface area contributed by atoms with Crippen LogP contribution in [0.5, 0.6) is 5.75 Å². The number of rotatable bonds is 5. The fourth-order valence-corrected chi connectivity index (χ4v) is 3.78. The molecule has 2 aromatic carbocycles. The van der Waals surface area contributed by atoms with E-state index in [9.17, 15) is 4.79 Å². The lowest BCUT2D eigenvalue weighted by molar-refractivity contribution is 0.370. The number of nitrogens with zero attached hydrogens (tertiary/aromatic N) is 3. The highest BCUT2D eigenvalue weighted by atomic mass is 16.5. The summed E-state index contributed by atoms with van der Waals surface area (Å²) < 4.78 is 6.88. The Morgan fingerprint density at radius 2 is 1.90 bits per heavy atom. The molecular weight excluding hydrogens is 362 g/mol. The van der Waals surface area contributed by atoms with Gasteiger partial charge in [-0.1, -0.05) is 37.3 Å². The molecule has 0 spiro atoms. The number of terminal acetylenes is 1. The molecule has 5 nitrogen and oxygen atoms in total. The van der Waals surface area contributed by atoms with Gasteiger partial charge in [-0.2, -0.15) is 9.78 Å². The Bertz CT molecular complexity index is 1120. The minimum atomic E-state index is -0.124. The SMILES string of the molecule is C#CCOc1ccc(C=Nn2c(C3CCCCC3)nc3ccccc3c2=O)cc1. The Balaban J connectivity index is 1.71. The molecule has 146 valence electrons. The minimum Gasteiger partial charge on any atom is -0.481 e.